The summed E-state index contributed by atoms with van der Waals surface area (Å²) in [6.07, 6.45) is 2.54. The summed E-state index contributed by atoms with van der Waals surface area (Å²) in [5.41, 5.74) is 3.98. The molecule has 1 aromatic carbocycles. The van der Waals surface area contributed by atoms with E-state index in [9.17, 15) is 0 Å². The lowest BCUT2D eigenvalue weighted by atomic mass is 10.1. The number of hydrogen-bond donors (Lipinski definition) is 0. The third kappa shape index (κ3) is 2.81. The summed E-state index contributed by atoms with van der Waals surface area (Å²) in [4.78, 5) is 0. The standard InChI is InChI=1S/C15H20NS/c1-4-5-10-17-16-13(3)7-8-14-11-12(2)6-9-15(14)16/h6-9,11H,4-5,10H2,1-3H3/q+1. The summed E-state index contributed by atoms with van der Waals surface area (Å²) >= 11 is 1.92. The molecule has 17 heavy (non-hydrogen) atoms. The first-order valence-electron chi connectivity index (χ1n) is 6.27. The van der Waals surface area contributed by atoms with Gasteiger partial charge in [0.15, 0.2) is 17.6 Å². The van der Waals surface area contributed by atoms with Crippen LogP contribution in [0.15, 0.2) is 30.3 Å². The Labute approximate surface area is 108 Å². The second-order valence-electron chi connectivity index (χ2n) is 4.52. The van der Waals surface area contributed by atoms with Gasteiger partial charge in [0.1, 0.15) is 0 Å². The molecular weight excluding hydrogens is 226 g/mol. The predicted octanol–water partition coefficient (Wildman–Crippen LogP) is 4.04. The van der Waals surface area contributed by atoms with Crippen LogP contribution < -0.4 is 3.97 Å². The molecule has 0 spiro atoms. The highest BCUT2D eigenvalue weighted by atomic mass is 32.2. The van der Waals surface area contributed by atoms with Gasteiger partial charge in [-0.15, -0.1) is 3.97 Å². The summed E-state index contributed by atoms with van der Waals surface area (Å²) < 4.78 is 2.37. The maximum absolute atomic E-state index is 2.37. The molecule has 0 atom stereocenters. The van der Waals surface area contributed by atoms with Crippen molar-refractivity contribution in [3.05, 3.63) is 41.6 Å². The largest absolute Gasteiger partial charge is 0.226 e. The molecule has 0 saturated heterocycles. The van der Waals surface area contributed by atoms with E-state index in [1.165, 1.54) is 40.8 Å². The number of unbranched alkanes of at least 4 members (excludes halogenated alkanes) is 1. The molecule has 0 unspecified atom stereocenters. The van der Waals surface area contributed by atoms with Crippen molar-refractivity contribution in [1.82, 2.24) is 0 Å². The van der Waals surface area contributed by atoms with Gasteiger partial charge in [-0.05, 0) is 25.5 Å². The summed E-state index contributed by atoms with van der Waals surface area (Å²) in [7, 11) is 0. The molecule has 0 aliphatic carbocycles. The topological polar surface area (TPSA) is 3.88 Å². The van der Waals surface area contributed by atoms with Gasteiger partial charge in [0.25, 0.3) is 0 Å². The van der Waals surface area contributed by atoms with Gasteiger partial charge in [-0.1, -0.05) is 25.0 Å². The molecule has 0 fully saturated rings. The van der Waals surface area contributed by atoms with Crippen LogP contribution in [0.4, 0.5) is 0 Å². The predicted molar refractivity (Wildman–Crippen MR) is 76.4 cm³/mol. The molecule has 1 nitrogen and oxygen atoms in total. The Balaban J connectivity index is 2.41. The quantitative estimate of drug-likeness (QED) is 0.581. The van der Waals surface area contributed by atoms with Crippen LogP contribution in [-0.4, -0.2) is 5.75 Å². The zero-order valence-electron chi connectivity index (χ0n) is 10.9. The first-order valence-corrected chi connectivity index (χ1v) is 7.22. The molecule has 0 aliphatic heterocycles. The van der Waals surface area contributed by atoms with Gasteiger partial charge in [0.05, 0.1) is 5.75 Å². The van der Waals surface area contributed by atoms with Gasteiger partial charge in [0.2, 0.25) is 5.52 Å². The van der Waals surface area contributed by atoms with Crippen LogP contribution in [-0.2, 0) is 0 Å². The minimum Gasteiger partial charge on any atom is -0.124 e. The van der Waals surface area contributed by atoms with Crippen LogP contribution in [0.1, 0.15) is 31.0 Å². The molecule has 1 aromatic heterocycles. The average Bonchev–Trinajstić information content (AvgIpc) is 2.32. The number of aryl methyl sites for hydroxylation is 2. The third-order valence-corrected chi connectivity index (χ3v) is 4.16. The Morgan fingerprint density at radius 2 is 1.94 bits per heavy atom. The van der Waals surface area contributed by atoms with Crippen molar-refractivity contribution >= 4 is 22.9 Å². The van der Waals surface area contributed by atoms with E-state index in [0.717, 1.165) is 0 Å². The number of benzene rings is 1. The Hall–Kier alpha value is -1.02. The van der Waals surface area contributed by atoms with Crippen LogP contribution >= 0.6 is 11.9 Å². The van der Waals surface area contributed by atoms with Gasteiger partial charge in [-0.3, -0.25) is 0 Å². The van der Waals surface area contributed by atoms with Gasteiger partial charge in [-0.2, -0.15) is 0 Å². The van der Waals surface area contributed by atoms with Crippen molar-refractivity contribution in [2.45, 2.75) is 33.6 Å². The lowest BCUT2D eigenvalue weighted by Crippen LogP contribution is -2.30. The van der Waals surface area contributed by atoms with Crippen molar-refractivity contribution in [3.8, 4) is 0 Å². The summed E-state index contributed by atoms with van der Waals surface area (Å²) in [5.74, 6) is 1.19. The zero-order valence-corrected chi connectivity index (χ0v) is 11.7. The minimum atomic E-state index is 1.19. The maximum Gasteiger partial charge on any atom is 0.226 e. The normalized spacial score (nSPS) is 11.0. The van der Waals surface area contributed by atoms with E-state index in [1.54, 1.807) is 0 Å². The maximum atomic E-state index is 2.37. The Bertz CT molecular complexity index is 520. The number of nitrogens with zero attached hydrogens (tertiary/aromatic N) is 1. The number of aromatic nitrogens is 1. The van der Waals surface area contributed by atoms with E-state index in [4.69, 9.17) is 0 Å². The molecule has 2 aromatic rings. The SMILES string of the molecule is CCCCS[n+]1c(C)ccc2cc(C)ccc21. The van der Waals surface area contributed by atoms with Crippen molar-refractivity contribution < 1.29 is 3.97 Å². The van der Waals surface area contributed by atoms with Crippen molar-refractivity contribution in [1.29, 1.82) is 0 Å². The Morgan fingerprint density at radius 3 is 2.71 bits per heavy atom. The summed E-state index contributed by atoms with van der Waals surface area (Å²) in [6, 6.07) is 11.1. The van der Waals surface area contributed by atoms with E-state index >= 15 is 0 Å². The van der Waals surface area contributed by atoms with E-state index in [1.807, 2.05) is 11.9 Å². The lowest BCUT2D eigenvalue weighted by Gasteiger charge is -2.03. The Morgan fingerprint density at radius 1 is 1.12 bits per heavy atom. The molecule has 0 saturated carbocycles. The number of hydrogen-bond acceptors (Lipinski definition) is 1. The Kier molecular flexibility index (Phi) is 4.06. The van der Waals surface area contributed by atoms with E-state index in [-0.39, 0.29) is 0 Å². The smallest absolute Gasteiger partial charge is 0.124 e. The van der Waals surface area contributed by atoms with E-state index < -0.39 is 0 Å². The van der Waals surface area contributed by atoms with Crippen LogP contribution in [0, 0.1) is 13.8 Å². The van der Waals surface area contributed by atoms with E-state index in [2.05, 4.69) is 55.1 Å². The highest BCUT2D eigenvalue weighted by Gasteiger charge is 2.13. The molecule has 1 heterocycles. The molecule has 0 amide bonds. The summed E-state index contributed by atoms with van der Waals surface area (Å²) in [6.45, 7) is 6.57. The fourth-order valence-electron chi connectivity index (χ4n) is 1.93. The van der Waals surface area contributed by atoms with Gasteiger partial charge in [0, 0.05) is 24.4 Å². The number of pyridine rings is 1. The number of rotatable bonds is 4. The average molecular weight is 246 g/mol. The number of fused-ring (bicyclic) bond motifs is 1. The molecular formula is C15H20NS+. The van der Waals surface area contributed by atoms with Gasteiger partial charge >= 0.3 is 0 Å². The minimum absolute atomic E-state index is 1.19. The molecule has 0 bridgehead atoms. The van der Waals surface area contributed by atoms with E-state index in [0.29, 0.717) is 0 Å². The second-order valence-corrected chi connectivity index (χ2v) is 5.55. The van der Waals surface area contributed by atoms with Gasteiger partial charge in [-0.25, -0.2) is 0 Å². The van der Waals surface area contributed by atoms with Crippen LogP contribution in [0.5, 0.6) is 0 Å². The molecule has 2 rings (SSSR count). The first-order chi connectivity index (χ1) is 8.22. The third-order valence-electron chi connectivity index (χ3n) is 2.94. The van der Waals surface area contributed by atoms with Crippen molar-refractivity contribution in [3.63, 3.8) is 0 Å². The fourth-order valence-corrected chi connectivity index (χ4v) is 3.10. The summed E-state index contributed by atoms with van der Waals surface area (Å²) in [5, 5.41) is 1.33. The van der Waals surface area contributed by atoms with Crippen LogP contribution in [0.3, 0.4) is 0 Å². The van der Waals surface area contributed by atoms with Crippen LogP contribution in [0.2, 0.25) is 0 Å². The molecule has 0 N–H and O–H groups in total. The second kappa shape index (κ2) is 5.54. The molecule has 0 aliphatic rings. The fraction of sp³-hybridized carbons (Fsp3) is 0.400. The highest BCUT2D eigenvalue weighted by Crippen LogP contribution is 2.16. The molecule has 2 heteroatoms. The molecule has 0 radical (unpaired) electrons. The van der Waals surface area contributed by atoms with Crippen molar-refractivity contribution in [2.75, 3.05) is 5.75 Å². The van der Waals surface area contributed by atoms with Crippen LogP contribution in [0.25, 0.3) is 10.9 Å². The monoisotopic (exact) mass is 246 g/mol. The molecule has 90 valence electrons. The first kappa shape index (κ1) is 12.4. The highest BCUT2D eigenvalue weighted by molar-refractivity contribution is 7.92. The van der Waals surface area contributed by atoms with Gasteiger partial charge < -0.3 is 0 Å². The van der Waals surface area contributed by atoms with Crippen molar-refractivity contribution in [2.24, 2.45) is 0 Å². The lowest BCUT2D eigenvalue weighted by molar-refractivity contribution is -0.471. The zero-order chi connectivity index (χ0) is 12.3.